The number of aliphatic hydroxyl groups excluding tert-OH is 2. The molecule has 4 atom stereocenters. The molecule has 0 amide bonds. The minimum Gasteiger partial charge on any atom is -0.458 e. The molecule has 19 heavy (non-hydrogen) atoms. The molecule has 104 valence electrons. The highest BCUT2D eigenvalue weighted by atomic mass is 16.6. The molecule has 0 aromatic heterocycles. The SMILES string of the molecule is C=C1CCC=C(C)CC2OC(=O)C(=C)C2C(O)C1O. The number of hydrogen-bond donors (Lipinski definition) is 2. The van der Waals surface area contributed by atoms with E-state index in [2.05, 4.69) is 19.2 Å². The summed E-state index contributed by atoms with van der Waals surface area (Å²) in [6.45, 7) is 9.47. The Morgan fingerprint density at radius 1 is 1.37 bits per heavy atom. The largest absolute Gasteiger partial charge is 0.458 e. The van der Waals surface area contributed by atoms with E-state index in [1.165, 1.54) is 0 Å². The number of esters is 1. The maximum atomic E-state index is 11.6. The van der Waals surface area contributed by atoms with Crippen LogP contribution in [0, 0.1) is 5.92 Å². The van der Waals surface area contributed by atoms with Crippen LogP contribution in [0.2, 0.25) is 0 Å². The van der Waals surface area contributed by atoms with Crippen LogP contribution in [0.3, 0.4) is 0 Å². The summed E-state index contributed by atoms with van der Waals surface area (Å²) in [5.74, 6) is -1.06. The molecule has 2 rings (SSSR count). The van der Waals surface area contributed by atoms with Crippen LogP contribution in [0.15, 0.2) is 36.0 Å². The van der Waals surface area contributed by atoms with Gasteiger partial charge in [-0.25, -0.2) is 4.79 Å². The third-order valence-electron chi connectivity index (χ3n) is 3.91. The number of carbonyl (C=O) groups is 1. The number of carbonyl (C=O) groups excluding carboxylic acids is 1. The van der Waals surface area contributed by atoms with Crippen molar-refractivity contribution in [1.29, 1.82) is 0 Å². The van der Waals surface area contributed by atoms with Crippen molar-refractivity contribution < 1.29 is 19.7 Å². The summed E-state index contributed by atoms with van der Waals surface area (Å²) in [6, 6.07) is 0. The molecule has 0 spiro atoms. The van der Waals surface area contributed by atoms with Crippen molar-refractivity contribution >= 4 is 5.97 Å². The Kier molecular flexibility index (Phi) is 3.92. The second-order valence-electron chi connectivity index (χ2n) is 5.38. The first-order valence-corrected chi connectivity index (χ1v) is 6.51. The van der Waals surface area contributed by atoms with Crippen molar-refractivity contribution in [1.82, 2.24) is 0 Å². The topological polar surface area (TPSA) is 66.8 Å². The second kappa shape index (κ2) is 5.31. The summed E-state index contributed by atoms with van der Waals surface area (Å²) >= 11 is 0. The smallest absolute Gasteiger partial charge is 0.334 e. The van der Waals surface area contributed by atoms with Crippen molar-refractivity contribution in [2.45, 2.75) is 44.5 Å². The second-order valence-corrected chi connectivity index (χ2v) is 5.38. The molecule has 1 aliphatic heterocycles. The molecule has 0 radical (unpaired) electrons. The fraction of sp³-hybridized carbons (Fsp3) is 0.533. The lowest BCUT2D eigenvalue weighted by Crippen LogP contribution is -2.39. The van der Waals surface area contributed by atoms with Crippen molar-refractivity contribution in [2.24, 2.45) is 5.92 Å². The Labute approximate surface area is 113 Å². The maximum Gasteiger partial charge on any atom is 0.334 e. The van der Waals surface area contributed by atoms with E-state index in [4.69, 9.17) is 4.74 Å². The molecule has 2 N–H and O–H groups in total. The average Bonchev–Trinajstić information content (AvgIpc) is 2.62. The third kappa shape index (κ3) is 2.65. The summed E-state index contributed by atoms with van der Waals surface area (Å²) in [5.41, 5.74) is 1.91. The molecule has 1 saturated heterocycles. The van der Waals surface area contributed by atoms with Crippen LogP contribution in [0.4, 0.5) is 0 Å². The Balaban J connectivity index is 2.34. The maximum absolute atomic E-state index is 11.6. The zero-order valence-electron chi connectivity index (χ0n) is 11.1. The third-order valence-corrected chi connectivity index (χ3v) is 3.91. The van der Waals surface area contributed by atoms with E-state index >= 15 is 0 Å². The fourth-order valence-electron chi connectivity index (χ4n) is 2.73. The van der Waals surface area contributed by atoms with Crippen molar-refractivity contribution in [3.63, 3.8) is 0 Å². The number of ether oxygens (including phenoxy) is 1. The van der Waals surface area contributed by atoms with Crippen LogP contribution in [-0.4, -0.2) is 34.5 Å². The average molecular weight is 264 g/mol. The predicted octanol–water partition coefficient (Wildman–Crippen LogP) is 1.49. The van der Waals surface area contributed by atoms with Gasteiger partial charge in [0.25, 0.3) is 0 Å². The van der Waals surface area contributed by atoms with Gasteiger partial charge in [0.05, 0.1) is 12.0 Å². The van der Waals surface area contributed by atoms with Crippen LogP contribution in [0.1, 0.15) is 26.2 Å². The molecule has 4 unspecified atom stereocenters. The first kappa shape index (κ1) is 14.0. The standard InChI is InChI=1S/C15H20O4/c1-8-5-4-6-9(2)13(16)14(17)12-10(3)15(18)19-11(12)7-8/h5,11-14,16-17H,2-4,6-7H2,1H3. The summed E-state index contributed by atoms with van der Waals surface area (Å²) in [7, 11) is 0. The quantitative estimate of drug-likeness (QED) is 0.395. The molecular weight excluding hydrogens is 244 g/mol. The van der Waals surface area contributed by atoms with Gasteiger partial charge in [0, 0.05) is 12.0 Å². The number of rotatable bonds is 0. The Morgan fingerprint density at radius 3 is 2.74 bits per heavy atom. The van der Waals surface area contributed by atoms with Gasteiger partial charge in [-0.3, -0.25) is 0 Å². The van der Waals surface area contributed by atoms with Gasteiger partial charge in [-0.1, -0.05) is 24.8 Å². The Hall–Kier alpha value is -1.39. The molecule has 1 aliphatic carbocycles. The van der Waals surface area contributed by atoms with Gasteiger partial charge in [0.1, 0.15) is 12.2 Å². The molecule has 1 heterocycles. The zero-order chi connectivity index (χ0) is 14.2. The normalized spacial score (nSPS) is 36.6. The monoisotopic (exact) mass is 264 g/mol. The van der Waals surface area contributed by atoms with Crippen LogP contribution >= 0.6 is 0 Å². The molecule has 0 aromatic rings. The van der Waals surface area contributed by atoms with Gasteiger partial charge >= 0.3 is 5.97 Å². The molecular formula is C15H20O4. The summed E-state index contributed by atoms with van der Waals surface area (Å²) < 4.78 is 5.25. The lowest BCUT2D eigenvalue weighted by Gasteiger charge is -2.29. The van der Waals surface area contributed by atoms with E-state index in [-0.39, 0.29) is 5.57 Å². The van der Waals surface area contributed by atoms with Crippen molar-refractivity contribution in [2.75, 3.05) is 0 Å². The van der Waals surface area contributed by atoms with E-state index in [1.807, 2.05) is 6.92 Å². The van der Waals surface area contributed by atoms with Gasteiger partial charge in [-0.05, 0) is 25.3 Å². The lowest BCUT2D eigenvalue weighted by molar-refractivity contribution is -0.139. The molecule has 2 aliphatic rings. The van der Waals surface area contributed by atoms with E-state index in [1.54, 1.807) is 0 Å². The number of fused-ring (bicyclic) bond motifs is 1. The number of hydrogen-bond acceptors (Lipinski definition) is 4. The summed E-state index contributed by atoms with van der Waals surface area (Å²) in [4.78, 5) is 11.6. The van der Waals surface area contributed by atoms with Gasteiger partial charge in [0.2, 0.25) is 0 Å². The van der Waals surface area contributed by atoms with E-state index in [0.717, 1.165) is 12.0 Å². The summed E-state index contributed by atoms with van der Waals surface area (Å²) in [6.07, 6.45) is 1.40. The first-order chi connectivity index (χ1) is 8.91. The van der Waals surface area contributed by atoms with E-state index in [0.29, 0.717) is 18.4 Å². The van der Waals surface area contributed by atoms with E-state index < -0.39 is 30.2 Å². The van der Waals surface area contributed by atoms with Crippen LogP contribution in [0.25, 0.3) is 0 Å². The lowest BCUT2D eigenvalue weighted by atomic mass is 9.82. The highest BCUT2D eigenvalue weighted by molar-refractivity contribution is 5.91. The zero-order valence-corrected chi connectivity index (χ0v) is 11.1. The Morgan fingerprint density at radius 2 is 2.05 bits per heavy atom. The first-order valence-electron chi connectivity index (χ1n) is 6.51. The predicted molar refractivity (Wildman–Crippen MR) is 71.3 cm³/mol. The van der Waals surface area contributed by atoms with Gasteiger partial charge in [0.15, 0.2) is 0 Å². The van der Waals surface area contributed by atoms with Gasteiger partial charge < -0.3 is 14.9 Å². The Bertz CT molecular complexity index is 449. The number of allylic oxidation sites excluding steroid dienone is 1. The molecule has 1 fully saturated rings. The number of aliphatic hydroxyl groups is 2. The van der Waals surface area contributed by atoms with Gasteiger partial charge in [-0.2, -0.15) is 0 Å². The minimum absolute atomic E-state index is 0.234. The van der Waals surface area contributed by atoms with E-state index in [9.17, 15) is 15.0 Å². The molecule has 0 aromatic carbocycles. The molecule has 0 saturated carbocycles. The fourth-order valence-corrected chi connectivity index (χ4v) is 2.73. The van der Waals surface area contributed by atoms with Crippen LogP contribution in [-0.2, 0) is 9.53 Å². The molecule has 4 heteroatoms. The highest BCUT2D eigenvalue weighted by Gasteiger charge is 2.45. The van der Waals surface area contributed by atoms with Crippen molar-refractivity contribution in [3.05, 3.63) is 36.0 Å². The van der Waals surface area contributed by atoms with Gasteiger partial charge in [-0.15, -0.1) is 0 Å². The van der Waals surface area contributed by atoms with Crippen LogP contribution in [0.5, 0.6) is 0 Å². The van der Waals surface area contributed by atoms with Crippen LogP contribution < -0.4 is 0 Å². The summed E-state index contributed by atoms with van der Waals surface area (Å²) in [5, 5.41) is 20.4. The minimum atomic E-state index is -1.10. The highest BCUT2D eigenvalue weighted by Crippen LogP contribution is 2.36. The molecule has 0 bridgehead atoms. The molecule has 4 nitrogen and oxygen atoms in total. The van der Waals surface area contributed by atoms with Crippen molar-refractivity contribution in [3.8, 4) is 0 Å².